The molecule has 24 heavy (non-hydrogen) atoms. The maximum atomic E-state index is 12.9. The summed E-state index contributed by atoms with van der Waals surface area (Å²) in [6.45, 7) is 0. The molecule has 0 saturated carbocycles. The molecule has 0 atom stereocenters. The van der Waals surface area contributed by atoms with Gasteiger partial charge in [0, 0.05) is 0 Å². The first-order chi connectivity index (χ1) is 11.7. The molecule has 4 rings (SSSR count). The number of carbonyl (C=O) groups is 2. The fourth-order valence-electron chi connectivity index (χ4n) is 2.52. The maximum absolute atomic E-state index is 12.9. The van der Waals surface area contributed by atoms with Gasteiger partial charge >= 0.3 is 11.8 Å². The fourth-order valence-corrected chi connectivity index (χ4v) is 3.33. The molecule has 0 saturated heterocycles. The van der Waals surface area contributed by atoms with Gasteiger partial charge in [0.15, 0.2) is 11.5 Å². The van der Waals surface area contributed by atoms with Gasteiger partial charge in [-0.05, 0) is 36.4 Å². The van der Waals surface area contributed by atoms with Crippen molar-refractivity contribution < 1.29 is 18.4 Å². The second kappa shape index (κ2) is 6.05. The van der Waals surface area contributed by atoms with E-state index in [0.717, 1.165) is 4.90 Å². The molecule has 0 aliphatic carbocycles. The first-order valence-corrected chi connectivity index (χ1v) is 8.57. The molecule has 0 unspecified atom stereocenters. The maximum Gasteiger partial charge on any atom is 0.301 e. The van der Waals surface area contributed by atoms with E-state index in [4.69, 9.17) is 8.83 Å². The normalized spacial score (nSPS) is 15.1. The number of fused-ring (bicyclic) bond motifs is 4. The quantitative estimate of drug-likeness (QED) is 0.624. The van der Waals surface area contributed by atoms with Crippen molar-refractivity contribution in [2.24, 2.45) is 0 Å². The number of thioether (sulfide) groups is 1. The van der Waals surface area contributed by atoms with E-state index in [2.05, 4.69) is 0 Å². The zero-order valence-corrected chi connectivity index (χ0v) is 13.4. The van der Waals surface area contributed by atoms with Gasteiger partial charge in [0.1, 0.15) is 11.5 Å². The van der Waals surface area contributed by atoms with Crippen LogP contribution in [-0.2, 0) is 11.5 Å². The van der Waals surface area contributed by atoms with E-state index in [-0.39, 0.29) is 11.5 Å². The minimum Gasteiger partial charge on any atom is -0.455 e. The lowest BCUT2D eigenvalue weighted by atomic mass is 10.2. The molecule has 0 spiro atoms. The highest BCUT2D eigenvalue weighted by molar-refractivity contribution is 7.97. The Hall–Kier alpha value is -2.73. The van der Waals surface area contributed by atoms with Gasteiger partial charge in [0.25, 0.3) is 0 Å². The van der Waals surface area contributed by atoms with Crippen LogP contribution in [0.3, 0.4) is 0 Å². The van der Waals surface area contributed by atoms with Gasteiger partial charge < -0.3 is 8.83 Å². The van der Waals surface area contributed by atoms with Crippen molar-refractivity contribution in [3.05, 3.63) is 77.6 Å². The minimum atomic E-state index is -0.513. The average Bonchev–Trinajstić information content (AvgIpc) is 3.25. The SMILES string of the molecule is O=C1c2ccc(o2)CSCc2ccc(o2)C(=O)N1c1ccccc1. The molecule has 3 heterocycles. The number of benzene rings is 1. The average molecular weight is 339 g/mol. The number of para-hydroxylation sites is 1. The molecule has 4 bridgehead atoms. The van der Waals surface area contributed by atoms with E-state index in [9.17, 15) is 9.59 Å². The van der Waals surface area contributed by atoms with Crippen LogP contribution in [0.5, 0.6) is 0 Å². The van der Waals surface area contributed by atoms with Crippen molar-refractivity contribution in [1.29, 1.82) is 0 Å². The highest BCUT2D eigenvalue weighted by Gasteiger charge is 2.30. The molecule has 1 aliphatic heterocycles. The number of furan rings is 2. The van der Waals surface area contributed by atoms with Crippen molar-refractivity contribution >= 4 is 29.3 Å². The molecule has 5 nitrogen and oxygen atoms in total. The Morgan fingerprint density at radius 2 is 1.29 bits per heavy atom. The molecule has 0 fully saturated rings. The highest BCUT2D eigenvalue weighted by atomic mass is 32.2. The highest BCUT2D eigenvalue weighted by Crippen LogP contribution is 2.26. The van der Waals surface area contributed by atoms with Crippen LogP contribution in [0.1, 0.15) is 32.6 Å². The summed E-state index contributed by atoms with van der Waals surface area (Å²) < 4.78 is 11.2. The zero-order chi connectivity index (χ0) is 16.5. The number of carbonyl (C=O) groups excluding carboxylic acids is 2. The summed E-state index contributed by atoms with van der Waals surface area (Å²) in [5.74, 6) is 1.88. The summed E-state index contributed by atoms with van der Waals surface area (Å²) in [5.41, 5.74) is 0.467. The third kappa shape index (κ3) is 2.65. The number of anilines is 1. The first-order valence-electron chi connectivity index (χ1n) is 7.41. The van der Waals surface area contributed by atoms with Gasteiger partial charge in [0.05, 0.1) is 17.2 Å². The molecule has 2 amide bonds. The Labute approximate surface area is 142 Å². The third-order valence-electron chi connectivity index (χ3n) is 3.65. The van der Waals surface area contributed by atoms with E-state index in [1.54, 1.807) is 60.3 Å². The minimum absolute atomic E-state index is 0.134. The van der Waals surface area contributed by atoms with Crippen molar-refractivity contribution in [3.63, 3.8) is 0 Å². The Balaban J connectivity index is 1.84. The molecular weight excluding hydrogens is 326 g/mol. The molecule has 0 radical (unpaired) electrons. The largest absolute Gasteiger partial charge is 0.455 e. The van der Waals surface area contributed by atoms with E-state index in [1.165, 1.54) is 0 Å². The Morgan fingerprint density at radius 3 is 1.83 bits per heavy atom. The molecular formula is C18H13NO4S. The molecule has 0 N–H and O–H groups in total. The molecule has 120 valence electrons. The topological polar surface area (TPSA) is 63.7 Å². The van der Waals surface area contributed by atoms with Crippen LogP contribution in [0.4, 0.5) is 5.69 Å². The van der Waals surface area contributed by atoms with E-state index in [0.29, 0.717) is 28.7 Å². The summed E-state index contributed by atoms with van der Waals surface area (Å²) in [6, 6.07) is 15.5. The van der Waals surface area contributed by atoms with Crippen LogP contribution in [0.2, 0.25) is 0 Å². The smallest absolute Gasteiger partial charge is 0.301 e. The van der Waals surface area contributed by atoms with Gasteiger partial charge in [-0.2, -0.15) is 0 Å². The number of hydrogen-bond donors (Lipinski definition) is 0. The lowest BCUT2D eigenvalue weighted by Gasteiger charge is -2.19. The van der Waals surface area contributed by atoms with Crippen molar-refractivity contribution in [3.8, 4) is 0 Å². The predicted molar refractivity (Wildman–Crippen MR) is 90.0 cm³/mol. The third-order valence-corrected chi connectivity index (χ3v) is 4.63. The van der Waals surface area contributed by atoms with Crippen LogP contribution < -0.4 is 4.90 Å². The van der Waals surface area contributed by atoms with Crippen LogP contribution in [-0.4, -0.2) is 11.8 Å². The number of amides is 2. The van der Waals surface area contributed by atoms with Gasteiger partial charge in [0.2, 0.25) is 0 Å². The van der Waals surface area contributed by atoms with Crippen LogP contribution in [0, 0.1) is 0 Å². The van der Waals surface area contributed by atoms with Gasteiger partial charge in [-0.15, -0.1) is 11.8 Å². The zero-order valence-electron chi connectivity index (χ0n) is 12.6. The lowest BCUT2D eigenvalue weighted by Crippen LogP contribution is -2.36. The molecule has 1 aromatic carbocycles. The first kappa shape index (κ1) is 14.8. The lowest BCUT2D eigenvalue weighted by molar-refractivity contribution is 0.0865. The van der Waals surface area contributed by atoms with Crippen molar-refractivity contribution in [2.75, 3.05) is 4.90 Å². The second-order valence-electron chi connectivity index (χ2n) is 5.31. The van der Waals surface area contributed by atoms with E-state index >= 15 is 0 Å². The van der Waals surface area contributed by atoms with Crippen LogP contribution in [0.25, 0.3) is 0 Å². The van der Waals surface area contributed by atoms with E-state index in [1.807, 2.05) is 6.07 Å². The summed E-state index contributed by atoms with van der Waals surface area (Å²) in [7, 11) is 0. The number of rotatable bonds is 1. The Bertz CT molecular complexity index is 842. The number of hydrogen-bond acceptors (Lipinski definition) is 5. The molecule has 2 aromatic heterocycles. The fraction of sp³-hybridized carbons (Fsp3) is 0.111. The Kier molecular flexibility index (Phi) is 3.74. The standard InChI is InChI=1S/C18H13NO4S/c20-17-15-8-6-13(22-15)10-24-11-14-7-9-16(23-14)18(21)19(17)12-4-2-1-3-5-12/h1-9H,10-11H2. The van der Waals surface area contributed by atoms with Gasteiger partial charge in [-0.3, -0.25) is 9.59 Å². The van der Waals surface area contributed by atoms with Gasteiger partial charge in [-0.25, -0.2) is 4.90 Å². The number of nitrogens with zero attached hydrogens (tertiary/aromatic N) is 1. The van der Waals surface area contributed by atoms with Crippen LogP contribution in [0.15, 0.2) is 63.4 Å². The van der Waals surface area contributed by atoms with E-state index < -0.39 is 11.8 Å². The second-order valence-corrected chi connectivity index (χ2v) is 6.29. The molecule has 1 aliphatic rings. The van der Waals surface area contributed by atoms with Crippen molar-refractivity contribution in [2.45, 2.75) is 11.5 Å². The number of imide groups is 1. The van der Waals surface area contributed by atoms with Crippen LogP contribution >= 0.6 is 11.8 Å². The molecule has 3 aromatic rings. The summed E-state index contributed by atoms with van der Waals surface area (Å²) >= 11 is 1.60. The molecule has 6 heteroatoms. The summed E-state index contributed by atoms with van der Waals surface area (Å²) in [5, 5.41) is 0. The summed E-state index contributed by atoms with van der Waals surface area (Å²) in [6.07, 6.45) is 0. The summed E-state index contributed by atoms with van der Waals surface area (Å²) in [4.78, 5) is 26.8. The monoisotopic (exact) mass is 339 g/mol. The van der Waals surface area contributed by atoms with Crippen molar-refractivity contribution in [1.82, 2.24) is 0 Å². The Morgan fingerprint density at radius 1 is 0.750 bits per heavy atom. The van der Waals surface area contributed by atoms with Gasteiger partial charge in [-0.1, -0.05) is 18.2 Å². The predicted octanol–water partition coefficient (Wildman–Crippen LogP) is 4.11.